The van der Waals surface area contributed by atoms with E-state index in [-0.39, 0.29) is 30.2 Å². The van der Waals surface area contributed by atoms with Crippen molar-refractivity contribution < 1.29 is 19.5 Å². The summed E-state index contributed by atoms with van der Waals surface area (Å²) in [5, 5.41) is 13.7. The van der Waals surface area contributed by atoms with E-state index in [0.29, 0.717) is 0 Å². The smallest absolute Gasteiger partial charge is 0.321 e. The summed E-state index contributed by atoms with van der Waals surface area (Å²) < 4.78 is 0. The van der Waals surface area contributed by atoms with Crippen molar-refractivity contribution in [1.29, 1.82) is 0 Å². The fourth-order valence-electron chi connectivity index (χ4n) is 2.65. The van der Waals surface area contributed by atoms with E-state index in [2.05, 4.69) is 24.5 Å². The van der Waals surface area contributed by atoms with Gasteiger partial charge in [0.2, 0.25) is 5.91 Å². The van der Waals surface area contributed by atoms with Gasteiger partial charge in [0.05, 0.1) is 0 Å². The van der Waals surface area contributed by atoms with Crippen LogP contribution in [0.2, 0.25) is 0 Å². The first kappa shape index (κ1) is 16.5. The number of amides is 3. The van der Waals surface area contributed by atoms with E-state index in [1.807, 2.05) is 0 Å². The van der Waals surface area contributed by atoms with Gasteiger partial charge in [-0.25, -0.2) is 4.79 Å². The van der Waals surface area contributed by atoms with Crippen molar-refractivity contribution in [2.24, 2.45) is 11.3 Å². The summed E-state index contributed by atoms with van der Waals surface area (Å²) in [6, 6.07) is -0.380. The standard InChI is InChI=1S/C14H24N2O4/c1-9(7-12(18)19)6-11(17)16-13(20)15-10-4-5-14(2,3)8-10/h9-10H,4-8H2,1-3H3,(H,18,19)(H2,15,16,17,20). The SMILES string of the molecule is CC(CC(=O)O)CC(=O)NC(=O)NC1CCC(C)(C)C1. The second-order valence-electron chi connectivity index (χ2n) is 6.53. The molecule has 0 heterocycles. The summed E-state index contributed by atoms with van der Waals surface area (Å²) in [6.45, 7) is 5.99. The third kappa shape index (κ3) is 6.04. The lowest BCUT2D eigenvalue weighted by molar-refractivity contribution is -0.138. The number of carboxylic acid groups (broad SMARTS) is 1. The van der Waals surface area contributed by atoms with E-state index in [9.17, 15) is 14.4 Å². The van der Waals surface area contributed by atoms with E-state index in [0.717, 1.165) is 19.3 Å². The summed E-state index contributed by atoms with van der Waals surface area (Å²) in [6.07, 6.45) is 2.84. The molecule has 2 atom stereocenters. The van der Waals surface area contributed by atoms with Crippen molar-refractivity contribution in [3.8, 4) is 0 Å². The number of nitrogens with one attached hydrogen (secondary N) is 2. The highest BCUT2D eigenvalue weighted by atomic mass is 16.4. The number of aliphatic carboxylic acids is 1. The third-order valence-corrected chi connectivity index (χ3v) is 3.61. The molecule has 1 saturated carbocycles. The van der Waals surface area contributed by atoms with Crippen LogP contribution in [0, 0.1) is 11.3 Å². The molecule has 0 aromatic rings. The Balaban J connectivity index is 2.28. The number of carbonyl (C=O) groups is 3. The number of carboxylic acids is 1. The van der Waals surface area contributed by atoms with E-state index in [1.165, 1.54) is 0 Å². The number of rotatable bonds is 5. The maximum atomic E-state index is 11.7. The second-order valence-corrected chi connectivity index (χ2v) is 6.53. The van der Waals surface area contributed by atoms with Gasteiger partial charge in [0.1, 0.15) is 0 Å². The van der Waals surface area contributed by atoms with Crippen LogP contribution < -0.4 is 10.6 Å². The molecule has 0 aromatic carbocycles. The molecule has 114 valence electrons. The molecule has 0 spiro atoms. The first-order chi connectivity index (χ1) is 9.18. The summed E-state index contributed by atoms with van der Waals surface area (Å²) in [5.41, 5.74) is 0.234. The first-order valence-corrected chi connectivity index (χ1v) is 7.00. The Morgan fingerprint density at radius 1 is 1.30 bits per heavy atom. The third-order valence-electron chi connectivity index (χ3n) is 3.61. The van der Waals surface area contributed by atoms with E-state index in [1.54, 1.807) is 6.92 Å². The Bertz CT molecular complexity index is 393. The van der Waals surface area contributed by atoms with Gasteiger partial charge in [0, 0.05) is 18.9 Å². The number of hydrogen-bond donors (Lipinski definition) is 3. The lowest BCUT2D eigenvalue weighted by atomic mass is 9.92. The van der Waals surface area contributed by atoms with Crippen LogP contribution in [0.25, 0.3) is 0 Å². The molecule has 0 saturated heterocycles. The molecule has 0 bridgehead atoms. The molecule has 2 unspecified atom stereocenters. The Hall–Kier alpha value is -1.59. The number of urea groups is 1. The Kier molecular flexibility index (Phi) is 5.53. The Labute approximate surface area is 119 Å². The van der Waals surface area contributed by atoms with Crippen molar-refractivity contribution >= 4 is 17.9 Å². The molecule has 1 fully saturated rings. The average molecular weight is 284 g/mol. The summed E-state index contributed by atoms with van der Waals surface area (Å²) >= 11 is 0. The minimum atomic E-state index is -0.942. The highest BCUT2D eigenvalue weighted by Crippen LogP contribution is 2.36. The first-order valence-electron chi connectivity index (χ1n) is 7.00. The van der Waals surface area contributed by atoms with Crippen molar-refractivity contribution in [2.75, 3.05) is 0 Å². The molecule has 1 aliphatic carbocycles. The predicted octanol–water partition coefficient (Wildman–Crippen LogP) is 1.89. The van der Waals surface area contributed by atoms with Crippen LogP contribution in [0.5, 0.6) is 0 Å². The van der Waals surface area contributed by atoms with Crippen LogP contribution in [0.1, 0.15) is 52.9 Å². The van der Waals surface area contributed by atoms with Gasteiger partial charge in [-0.15, -0.1) is 0 Å². The van der Waals surface area contributed by atoms with Crippen LogP contribution in [-0.2, 0) is 9.59 Å². The number of carbonyl (C=O) groups excluding carboxylic acids is 2. The average Bonchev–Trinajstić information content (AvgIpc) is 2.55. The largest absolute Gasteiger partial charge is 0.481 e. The predicted molar refractivity (Wildman–Crippen MR) is 74.1 cm³/mol. The maximum absolute atomic E-state index is 11.7. The van der Waals surface area contributed by atoms with Gasteiger partial charge in [0.15, 0.2) is 0 Å². The normalized spacial score (nSPS) is 22.1. The zero-order valence-electron chi connectivity index (χ0n) is 12.4. The van der Waals surface area contributed by atoms with Crippen LogP contribution in [0.15, 0.2) is 0 Å². The molecule has 0 aromatic heterocycles. The zero-order valence-corrected chi connectivity index (χ0v) is 12.4. The molecule has 0 aliphatic heterocycles. The van der Waals surface area contributed by atoms with Crippen LogP contribution in [0.3, 0.4) is 0 Å². The Morgan fingerprint density at radius 3 is 2.45 bits per heavy atom. The van der Waals surface area contributed by atoms with Gasteiger partial charge in [-0.2, -0.15) is 0 Å². The number of imide groups is 1. The molecule has 3 amide bonds. The van der Waals surface area contributed by atoms with Crippen molar-refractivity contribution in [2.45, 2.75) is 58.9 Å². The molecule has 6 nitrogen and oxygen atoms in total. The van der Waals surface area contributed by atoms with Crippen molar-refractivity contribution in [3.05, 3.63) is 0 Å². The maximum Gasteiger partial charge on any atom is 0.321 e. The molecule has 6 heteroatoms. The lowest BCUT2D eigenvalue weighted by Gasteiger charge is -2.18. The zero-order chi connectivity index (χ0) is 15.3. The molecule has 20 heavy (non-hydrogen) atoms. The monoisotopic (exact) mass is 284 g/mol. The summed E-state index contributed by atoms with van der Waals surface area (Å²) in [5.74, 6) is -1.66. The molecule has 3 N–H and O–H groups in total. The van der Waals surface area contributed by atoms with Crippen LogP contribution in [0.4, 0.5) is 4.79 Å². The molecule has 0 radical (unpaired) electrons. The van der Waals surface area contributed by atoms with Crippen LogP contribution in [-0.4, -0.2) is 29.1 Å². The quantitative estimate of drug-likeness (QED) is 0.718. The summed E-state index contributed by atoms with van der Waals surface area (Å²) in [4.78, 5) is 33.7. The summed E-state index contributed by atoms with van der Waals surface area (Å²) in [7, 11) is 0. The van der Waals surface area contributed by atoms with E-state index >= 15 is 0 Å². The second kappa shape index (κ2) is 6.72. The number of hydrogen-bond acceptors (Lipinski definition) is 3. The van der Waals surface area contributed by atoms with Crippen LogP contribution >= 0.6 is 0 Å². The molecule has 1 aliphatic rings. The Morgan fingerprint density at radius 2 is 1.95 bits per heavy atom. The van der Waals surface area contributed by atoms with Crippen molar-refractivity contribution in [1.82, 2.24) is 10.6 Å². The highest BCUT2D eigenvalue weighted by molar-refractivity contribution is 5.94. The van der Waals surface area contributed by atoms with Gasteiger partial charge >= 0.3 is 12.0 Å². The van der Waals surface area contributed by atoms with Gasteiger partial charge in [-0.05, 0) is 30.6 Å². The fourth-order valence-corrected chi connectivity index (χ4v) is 2.65. The fraction of sp³-hybridized carbons (Fsp3) is 0.786. The molecule has 1 rings (SSSR count). The molecular formula is C14H24N2O4. The van der Waals surface area contributed by atoms with Crippen molar-refractivity contribution in [3.63, 3.8) is 0 Å². The van der Waals surface area contributed by atoms with E-state index < -0.39 is 17.9 Å². The highest BCUT2D eigenvalue weighted by Gasteiger charge is 2.31. The topological polar surface area (TPSA) is 95.5 Å². The van der Waals surface area contributed by atoms with E-state index in [4.69, 9.17) is 5.11 Å². The molecular weight excluding hydrogens is 260 g/mol. The van der Waals surface area contributed by atoms with Gasteiger partial charge < -0.3 is 10.4 Å². The minimum Gasteiger partial charge on any atom is -0.481 e. The van der Waals surface area contributed by atoms with Gasteiger partial charge in [0.25, 0.3) is 0 Å². The van der Waals surface area contributed by atoms with Gasteiger partial charge in [-0.3, -0.25) is 14.9 Å². The minimum absolute atomic E-state index is 0.0376. The van der Waals surface area contributed by atoms with Gasteiger partial charge in [-0.1, -0.05) is 20.8 Å². The lowest BCUT2D eigenvalue weighted by Crippen LogP contribution is -2.44.